The predicted octanol–water partition coefficient (Wildman–Crippen LogP) is 6.97. The topological polar surface area (TPSA) is 0 Å². The van der Waals surface area contributed by atoms with E-state index in [4.69, 9.17) is 0 Å². The van der Waals surface area contributed by atoms with E-state index in [1.165, 1.54) is 43.4 Å². The molecule has 0 aromatic heterocycles. The van der Waals surface area contributed by atoms with Crippen molar-refractivity contribution in [2.24, 2.45) is 0 Å². The van der Waals surface area contributed by atoms with Gasteiger partial charge < -0.3 is 0 Å². The van der Waals surface area contributed by atoms with Gasteiger partial charge in [-0.1, -0.05) is 97.1 Å². The van der Waals surface area contributed by atoms with Gasteiger partial charge in [-0.2, -0.15) is 0 Å². The number of halogens is 1. The minimum absolute atomic E-state index is 0. The summed E-state index contributed by atoms with van der Waals surface area (Å²) in [6, 6.07) is 34.9. The molecule has 5 aromatic rings. The number of hydrogen-bond acceptors (Lipinski definition) is 0. The predicted molar refractivity (Wildman–Crippen MR) is 107 cm³/mol. The molecule has 0 N–H and O–H groups in total. The largest absolute Gasteiger partial charge is 0.269 e. The number of benzene rings is 5. The minimum Gasteiger partial charge on any atom is -0.269 e. The summed E-state index contributed by atoms with van der Waals surface area (Å²) in [5, 5.41) is 7.83. The molecule has 0 unspecified atom stereocenters. The fourth-order valence-corrected chi connectivity index (χ4v) is 3.74. The zero-order valence-electron chi connectivity index (χ0n) is 13.6. The molecule has 0 fully saturated rings. The van der Waals surface area contributed by atoms with E-state index in [9.17, 15) is 0 Å². The van der Waals surface area contributed by atoms with Gasteiger partial charge in [0.1, 0.15) is 0 Å². The van der Waals surface area contributed by atoms with Crippen molar-refractivity contribution < 1.29 is 4.70 Å². The van der Waals surface area contributed by atoms with Crippen molar-refractivity contribution in [3.05, 3.63) is 97.1 Å². The van der Waals surface area contributed by atoms with Crippen molar-refractivity contribution in [2.75, 3.05) is 0 Å². The van der Waals surface area contributed by atoms with Crippen LogP contribution in [0.15, 0.2) is 97.1 Å². The van der Waals surface area contributed by atoms with E-state index in [1.807, 2.05) is 0 Å². The van der Waals surface area contributed by atoms with E-state index in [0.29, 0.717) is 0 Å². The zero-order chi connectivity index (χ0) is 15.9. The van der Waals surface area contributed by atoms with Crippen LogP contribution in [0.1, 0.15) is 0 Å². The SMILES string of the molecule is F.c1ccc2c(-c3cccc4c3ccc3ccccc34)cccc2c1. The van der Waals surface area contributed by atoms with Crippen molar-refractivity contribution in [1.29, 1.82) is 0 Å². The van der Waals surface area contributed by atoms with Crippen LogP contribution in [-0.2, 0) is 0 Å². The van der Waals surface area contributed by atoms with E-state index >= 15 is 0 Å². The zero-order valence-corrected chi connectivity index (χ0v) is 13.6. The van der Waals surface area contributed by atoms with Gasteiger partial charge in [0.05, 0.1) is 0 Å². The molecule has 25 heavy (non-hydrogen) atoms. The molecule has 0 saturated heterocycles. The first-order valence-electron chi connectivity index (χ1n) is 8.30. The Morgan fingerprint density at radius 2 is 0.840 bits per heavy atom. The maximum absolute atomic E-state index is 2.26. The molecule has 0 bridgehead atoms. The van der Waals surface area contributed by atoms with E-state index in [1.54, 1.807) is 0 Å². The Bertz CT molecular complexity index is 1200. The smallest absolute Gasteiger partial charge is 0.00987 e. The summed E-state index contributed by atoms with van der Waals surface area (Å²) in [7, 11) is 0. The lowest BCUT2D eigenvalue weighted by molar-refractivity contribution is 1.11. The fourth-order valence-electron chi connectivity index (χ4n) is 3.74. The van der Waals surface area contributed by atoms with Crippen LogP contribution in [0.5, 0.6) is 0 Å². The molecule has 120 valence electrons. The maximum Gasteiger partial charge on any atom is -0.00987 e. The second kappa shape index (κ2) is 6.03. The molecule has 0 aliphatic carbocycles. The summed E-state index contributed by atoms with van der Waals surface area (Å²) in [6.45, 7) is 0. The lowest BCUT2D eigenvalue weighted by atomic mass is 9.92. The Balaban J connectivity index is 0.00000157. The Kier molecular flexibility index (Phi) is 3.70. The van der Waals surface area contributed by atoms with E-state index in [-0.39, 0.29) is 4.70 Å². The normalized spacial score (nSPS) is 10.9. The van der Waals surface area contributed by atoms with Crippen LogP contribution >= 0.6 is 0 Å². The Morgan fingerprint density at radius 3 is 1.64 bits per heavy atom. The molecule has 0 heterocycles. The van der Waals surface area contributed by atoms with E-state index < -0.39 is 0 Å². The molecule has 0 aliphatic rings. The minimum atomic E-state index is 0. The molecule has 5 rings (SSSR count). The third-order valence-electron chi connectivity index (χ3n) is 4.87. The van der Waals surface area contributed by atoms with Crippen molar-refractivity contribution >= 4 is 32.3 Å². The average molecular weight is 324 g/mol. The second-order valence-corrected chi connectivity index (χ2v) is 6.21. The molecule has 0 spiro atoms. The summed E-state index contributed by atoms with van der Waals surface area (Å²) >= 11 is 0. The molecule has 5 aromatic carbocycles. The van der Waals surface area contributed by atoms with Crippen molar-refractivity contribution in [3.8, 4) is 11.1 Å². The molecule has 0 nitrogen and oxygen atoms in total. The second-order valence-electron chi connectivity index (χ2n) is 6.21. The van der Waals surface area contributed by atoms with Crippen molar-refractivity contribution in [3.63, 3.8) is 0 Å². The van der Waals surface area contributed by atoms with Gasteiger partial charge in [0.2, 0.25) is 0 Å². The molecule has 0 amide bonds. The number of hydrogen-bond donors (Lipinski definition) is 0. The molecule has 0 radical (unpaired) electrons. The standard InChI is InChI=1S/C24H16.FH/c1-3-10-19-17(7-1)9-5-12-21(19)23-14-6-13-22-20-11-4-2-8-18(20)15-16-24(22)23;/h1-16H;1H. The highest BCUT2D eigenvalue weighted by atomic mass is 19.0. The Morgan fingerprint density at radius 1 is 0.320 bits per heavy atom. The quantitative estimate of drug-likeness (QED) is 0.292. The van der Waals surface area contributed by atoms with Crippen LogP contribution in [0, 0.1) is 0 Å². The van der Waals surface area contributed by atoms with Gasteiger partial charge in [-0.3, -0.25) is 4.70 Å². The van der Waals surface area contributed by atoms with Gasteiger partial charge in [-0.25, -0.2) is 0 Å². The Labute approximate surface area is 145 Å². The number of fused-ring (bicyclic) bond motifs is 4. The summed E-state index contributed by atoms with van der Waals surface area (Å²) in [5.74, 6) is 0. The van der Waals surface area contributed by atoms with Gasteiger partial charge in [0.25, 0.3) is 0 Å². The monoisotopic (exact) mass is 324 g/mol. The average Bonchev–Trinajstić information content (AvgIpc) is 2.67. The highest BCUT2D eigenvalue weighted by Gasteiger charge is 2.08. The molecule has 0 atom stereocenters. The van der Waals surface area contributed by atoms with Crippen molar-refractivity contribution in [2.45, 2.75) is 0 Å². The number of rotatable bonds is 1. The van der Waals surface area contributed by atoms with Crippen LogP contribution < -0.4 is 0 Å². The van der Waals surface area contributed by atoms with E-state index in [2.05, 4.69) is 97.1 Å². The van der Waals surface area contributed by atoms with Gasteiger partial charge in [-0.15, -0.1) is 0 Å². The lowest BCUT2D eigenvalue weighted by Gasteiger charge is -2.12. The summed E-state index contributed by atoms with van der Waals surface area (Å²) in [4.78, 5) is 0. The lowest BCUT2D eigenvalue weighted by Crippen LogP contribution is -1.85. The van der Waals surface area contributed by atoms with Gasteiger partial charge in [-0.05, 0) is 43.4 Å². The molecular weight excluding hydrogens is 307 g/mol. The van der Waals surface area contributed by atoms with Gasteiger partial charge in [0, 0.05) is 0 Å². The molecule has 1 heteroatoms. The summed E-state index contributed by atoms with van der Waals surface area (Å²) in [6.07, 6.45) is 0. The van der Waals surface area contributed by atoms with E-state index in [0.717, 1.165) is 0 Å². The molecular formula is C24H17F. The van der Waals surface area contributed by atoms with Crippen LogP contribution in [0.3, 0.4) is 0 Å². The molecule has 0 aliphatic heterocycles. The van der Waals surface area contributed by atoms with Crippen LogP contribution in [0.2, 0.25) is 0 Å². The molecule has 0 saturated carbocycles. The van der Waals surface area contributed by atoms with Gasteiger partial charge >= 0.3 is 0 Å². The first kappa shape index (κ1) is 15.3. The van der Waals surface area contributed by atoms with Gasteiger partial charge in [0.15, 0.2) is 0 Å². The Hall–Kier alpha value is -3.19. The fraction of sp³-hybridized carbons (Fsp3) is 0. The first-order valence-corrected chi connectivity index (χ1v) is 8.30. The summed E-state index contributed by atoms with van der Waals surface area (Å²) < 4.78 is 0. The third-order valence-corrected chi connectivity index (χ3v) is 4.87. The maximum atomic E-state index is 2.26. The van der Waals surface area contributed by atoms with Crippen LogP contribution in [0.25, 0.3) is 43.4 Å². The van der Waals surface area contributed by atoms with Crippen LogP contribution in [-0.4, -0.2) is 0 Å². The van der Waals surface area contributed by atoms with Crippen molar-refractivity contribution in [1.82, 2.24) is 0 Å². The first-order chi connectivity index (χ1) is 11.9. The third kappa shape index (κ3) is 2.36. The highest BCUT2D eigenvalue weighted by molar-refractivity contribution is 6.14. The van der Waals surface area contributed by atoms with Crippen LogP contribution in [0.4, 0.5) is 4.70 Å². The summed E-state index contributed by atoms with van der Waals surface area (Å²) in [5.41, 5.74) is 2.60. The highest BCUT2D eigenvalue weighted by Crippen LogP contribution is 2.36.